The largest absolute Gasteiger partial charge is 0.397 e. The van der Waals surface area contributed by atoms with E-state index in [1.807, 2.05) is 6.92 Å². The lowest BCUT2D eigenvalue weighted by atomic mass is 10.1. The molecule has 0 aliphatic heterocycles. The second-order valence-electron chi connectivity index (χ2n) is 5.17. The van der Waals surface area contributed by atoms with Crippen molar-refractivity contribution in [2.45, 2.75) is 26.2 Å². The van der Waals surface area contributed by atoms with E-state index in [1.165, 1.54) is 16.9 Å². The SMILES string of the molecule is C#CCN(CC)C(=O)c1sc2nc3c(cc2c1N)CCC3. The molecule has 2 aromatic heterocycles. The predicted molar refractivity (Wildman–Crippen MR) is 86.5 cm³/mol. The van der Waals surface area contributed by atoms with Gasteiger partial charge in [0, 0.05) is 17.6 Å². The van der Waals surface area contributed by atoms with Crippen molar-refractivity contribution in [1.29, 1.82) is 0 Å². The maximum atomic E-state index is 12.5. The highest BCUT2D eigenvalue weighted by molar-refractivity contribution is 7.21. The summed E-state index contributed by atoms with van der Waals surface area (Å²) in [6, 6.07) is 2.10. The van der Waals surface area contributed by atoms with Gasteiger partial charge >= 0.3 is 0 Å². The zero-order chi connectivity index (χ0) is 15.0. The van der Waals surface area contributed by atoms with E-state index in [-0.39, 0.29) is 5.91 Å². The minimum atomic E-state index is -0.101. The Kier molecular flexibility index (Phi) is 3.56. The molecule has 2 heterocycles. The molecular weight excluding hydrogens is 282 g/mol. The Morgan fingerprint density at radius 1 is 1.57 bits per heavy atom. The number of fused-ring (bicyclic) bond motifs is 2. The van der Waals surface area contributed by atoms with Crippen molar-refractivity contribution in [3.8, 4) is 12.3 Å². The number of carbonyl (C=O) groups excluding carboxylic acids is 1. The molecule has 2 N–H and O–H groups in total. The minimum absolute atomic E-state index is 0.101. The van der Waals surface area contributed by atoms with Gasteiger partial charge in [-0.1, -0.05) is 5.92 Å². The molecule has 0 aromatic carbocycles. The van der Waals surface area contributed by atoms with Crippen LogP contribution in [0, 0.1) is 12.3 Å². The molecule has 0 saturated heterocycles. The Hall–Kier alpha value is -2.06. The molecule has 5 heteroatoms. The van der Waals surface area contributed by atoms with Crippen LogP contribution in [-0.4, -0.2) is 28.9 Å². The van der Waals surface area contributed by atoms with Crippen LogP contribution < -0.4 is 5.73 Å². The predicted octanol–water partition coefficient (Wildman–Crippen LogP) is 2.46. The van der Waals surface area contributed by atoms with Crippen molar-refractivity contribution in [3.63, 3.8) is 0 Å². The number of hydrogen-bond donors (Lipinski definition) is 1. The number of anilines is 1. The molecule has 1 aliphatic carbocycles. The fourth-order valence-electron chi connectivity index (χ4n) is 2.74. The number of rotatable bonds is 3. The van der Waals surface area contributed by atoms with Gasteiger partial charge in [-0.3, -0.25) is 4.79 Å². The summed E-state index contributed by atoms with van der Waals surface area (Å²) in [6.45, 7) is 2.78. The summed E-state index contributed by atoms with van der Waals surface area (Å²) in [5.74, 6) is 2.41. The minimum Gasteiger partial charge on any atom is -0.397 e. The van der Waals surface area contributed by atoms with Gasteiger partial charge in [0.15, 0.2) is 0 Å². The third-order valence-corrected chi connectivity index (χ3v) is 5.00. The third-order valence-electron chi connectivity index (χ3n) is 3.89. The average molecular weight is 299 g/mol. The lowest BCUT2D eigenvalue weighted by molar-refractivity contribution is 0.0790. The van der Waals surface area contributed by atoms with Gasteiger partial charge in [0.2, 0.25) is 0 Å². The first kappa shape index (κ1) is 13.9. The molecule has 4 nitrogen and oxygen atoms in total. The van der Waals surface area contributed by atoms with Gasteiger partial charge in [-0.2, -0.15) is 0 Å². The zero-order valence-electron chi connectivity index (χ0n) is 12.0. The van der Waals surface area contributed by atoms with Crippen molar-refractivity contribution in [3.05, 3.63) is 22.2 Å². The van der Waals surface area contributed by atoms with Gasteiger partial charge in [0.25, 0.3) is 5.91 Å². The van der Waals surface area contributed by atoms with E-state index < -0.39 is 0 Å². The number of carbonyl (C=O) groups is 1. The van der Waals surface area contributed by atoms with Crippen molar-refractivity contribution in [2.24, 2.45) is 0 Å². The second kappa shape index (κ2) is 5.38. The van der Waals surface area contributed by atoms with Crippen LogP contribution in [0.15, 0.2) is 6.07 Å². The van der Waals surface area contributed by atoms with E-state index in [4.69, 9.17) is 12.2 Å². The highest BCUT2D eigenvalue weighted by atomic mass is 32.1. The lowest BCUT2D eigenvalue weighted by Gasteiger charge is -2.17. The average Bonchev–Trinajstić information content (AvgIpc) is 3.06. The number of pyridine rings is 1. The molecule has 0 atom stereocenters. The molecule has 108 valence electrons. The van der Waals surface area contributed by atoms with E-state index in [0.29, 0.717) is 23.7 Å². The van der Waals surface area contributed by atoms with Crippen LogP contribution in [0.4, 0.5) is 5.69 Å². The number of amides is 1. The Morgan fingerprint density at radius 3 is 3.10 bits per heavy atom. The van der Waals surface area contributed by atoms with E-state index >= 15 is 0 Å². The Morgan fingerprint density at radius 2 is 2.38 bits per heavy atom. The molecule has 0 radical (unpaired) electrons. The van der Waals surface area contributed by atoms with Crippen LogP contribution in [0.2, 0.25) is 0 Å². The molecule has 0 bridgehead atoms. The Labute approximate surface area is 128 Å². The summed E-state index contributed by atoms with van der Waals surface area (Å²) >= 11 is 1.37. The number of aromatic nitrogens is 1. The molecule has 2 aromatic rings. The van der Waals surface area contributed by atoms with Crippen molar-refractivity contribution in [2.75, 3.05) is 18.8 Å². The van der Waals surface area contributed by atoms with Crippen LogP contribution in [0.25, 0.3) is 10.2 Å². The van der Waals surface area contributed by atoms with Crippen LogP contribution in [-0.2, 0) is 12.8 Å². The lowest BCUT2D eigenvalue weighted by Crippen LogP contribution is -2.30. The number of hydrogen-bond acceptors (Lipinski definition) is 4. The number of nitrogens with two attached hydrogens (primary N) is 1. The van der Waals surface area contributed by atoms with Crippen LogP contribution in [0.3, 0.4) is 0 Å². The number of thiophene rings is 1. The maximum Gasteiger partial charge on any atom is 0.266 e. The first-order chi connectivity index (χ1) is 10.2. The normalized spacial score (nSPS) is 13.1. The van der Waals surface area contributed by atoms with Gasteiger partial charge < -0.3 is 10.6 Å². The summed E-state index contributed by atoms with van der Waals surface area (Å²) < 4.78 is 0. The molecule has 0 spiro atoms. The summed E-state index contributed by atoms with van der Waals surface area (Å²) in [5.41, 5.74) is 9.15. The summed E-state index contributed by atoms with van der Waals surface area (Å²) in [5, 5.41) is 0.903. The monoisotopic (exact) mass is 299 g/mol. The van der Waals surface area contributed by atoms with Crippen molar-refractivity contribution in [1.82, 2.24) is 9.88 Å². The molecule has 0 saturated carbocycles. The Bertz CT molecular complexity index is 757. The fourth-order valence-corrected chi connectivity index (χ4v) is 3.80. The van der Waals surface area contributed by atoms with E-state index in [2.05, 4.69) is 17.0 Å². The quantitative estimate of drug-likeness (QED) is 0.886. The Balaban J connectivity index is 2.06. The number of aryl methyl sites for hydroxylation is 2. The molecule has 0 fully saturated rings. The van der Waals surface area contributed by atoms with Gasteiger partial charge in [-0.25, -0.2) is 4.98 Å². The number of terminal acetylenes is 1. The number of nitrogen functional groups attached to an aromatic ring is 1. The van der Waals surface area contributed by atoms with Crippen LogP contribution in [0.5, 0.6) is 0 Å². The van der Waals surface area contributed by atoms with Gasteiger partial charge in [0.1, 0.15) is 9.71 Å². The first-order valence-corrected chi connectivity index (χ1v) is 7.90. The summed E-state index contributed by atoms with van der Waals surface area (Å²) in [7, 11) is 0. The number of nitrogens with zero attached hydrogens (tertiary/aromatic N) is 2. The highest BCUT2D eigenvalue weighted by Crippen LogP contribution is 2.36. The smallest absolute Gasteiger partial charge is 0.266 e. The van der Waals surface area contributed by atoms with Crippen LogP contribution >= 0.6 is 11.3 Å². The fraction of sp³-hybridized carbons (Fsp3) is 0.375. The first-order valence-electron chi connectivity index (χ1n) is 7.09. The van der Waals surface area contributed by atoms with Crippen LogP contribution in [0.1, 0.15) is 34.3 Å². The summed E-state index contributed by atoms with van der Waals surface area (Å²) in [6.07, 6.45) is 8.53. The second-order valence-corrected chi connectivity index (χ2v) is 6.17. The van der Waals surface area contributed by atoms with Gasteiger partial charge in [0.05, 0.1) is 12.2 Å². The molecule has 0 unspecified atom stereocenters. The van der Waals surface area contributed by atoms with E-state index in [0.717, 1.165) is 35.2 Å². The topological polar surface area (TPSA) is 59.2 Å². The van der Waals surface area contributed by atoms with E-state index in [1.54, 1.807) is 4.90 Å². The maximum absolute atomic E-state index is 12.5. The van der Waals surface area contributed by atoms with Gasteiger partial charge in [-0.15, -0.1) is 17.8 Å². The molecule has 1 aliphatic rings. The van der Waals surface area contributed by atoms with E-state index in [9.17, 15) is 4.79 Å². The molecule has 3 rings (SSSR count). The highest BCUT2D eigenvalue weighted by Gasteiger charge is 2.23. The molecular formula is C16H17N3OS. The van der Waals surface area contributed by atoms with Crippen molar-refractivity contribution >= 4 is 33.1 Å². The summed E-state index contributed by atoms with van der Waals surface area (Å²) in [4.78, 5) is 20.2. The third kappa shape index (κ3) is 2.26. The van der Waals surface area contributed by atoms with Gasteiger partial charge in [-0.05, 0) is 37.8 Å². The zero-order valence-corrected chi connectivity index (χ0v) is 12.8. The molecule has 21 heavy (non-hydrogen) atoms. The molecule has 1 amide bonds. The van der Waals surface area contributed by atoms with Crippen molar-refractivity contribution < 1.29 is 4.79 Å². The standard InChI is InChI=1S/C16H17N3OS/c1-3-8-19(4-2)16(20)14-13(17)11-9-10-6-5-7-12(10)18-15(11)21-14/h1,9H,4-8,17H2,2H3.